The van der Waals surface area contributed by atoms with Crippen molar-refractivity contribution in [3.8, 4) is 0 Å². The number of aromatic nitrogens is 6. The average molecular weight is 491 g/mol. The summed E-state index contributed by atoms with van der Waals surface area (Å²) in [5.41, 5.74) is 4.48. The number of hydrogen-bond donors (Lipinski definition) is 6. The molecule has 0 spiro atoms. The molecule has 161 valence electrons. The molecule has 0 aliphatic rings. The molecule has 10 N–H and O–H groups in total. The largest absolute Gasteiger partial charge is 2.00 e. The maximum absolute atomic E-state index is 8.49. The van der Waals surface area contributed by atoms with Gasteiger partial charge >= 0.3 is 17.1 Å². The summed E-state index contributed by atoms with van der Waals surface area (Å²) in [6, 6.07) is 0. The molecule has 2 heterocycles. The van der Waals surface area contributed by atoms with Crippen LogP contribution in [0, 0.1) is 20.5 Å². The maximum atomic E-state index is 8.49. The Morgan fingerprint density at radius 1 is 0.704 bits per heavy atom. The molecule has 0 amide bonds. The zero-order valence-electron chi connectivity index (χ0n) is 12.5. The van der Waals surface area contributed by atoms with Gasteiger partial charge in [0.25, 0.3) is 11.9 Å². The number of halogens is 2. The second-order valence-electron chi connectivity index (χ2n) is 3.17. The Hall–Kier alpha value is -1.82. The zero-order chi connectivity index (χ0) is 21.0. The zero-order valence-corrected chi connectivity index (χ0v) is 14.9. The molecule has 2 rings (SSSR count). The van der Waals surface area contributed by atoms with Crippen molar-refractivity contribution < 1.29 is 74.8 Å². The van der Waals surface area contributed by atoms with Crippen molar-refractivity contribution >= 4 is 11.9 Å². The number of nitrogens with two attached hydrogens (primary N) is 4. The van der Waals surface area contributed by atoms with Gasteiger partial charge in [0.1, 0.15) is 12.7 Å². The molecule has 0 aliphatic carbocycles. The fourth-order valence-corrected chi connectivity index (χ4v) is 0.692. The van der Waals surface area contributed by atoms with Crippen LogP contribution >= 0.6 is 0 Å². The van der Waals surface area contributed by atoms with E-state index in [4.69, 9.17) is 60.6 Å². The second kappa shape index (κ2) is 14.3. The van der Waals surface area contributed by atoms with Gasteiger partial charge in [-0.2, -0.15) is 0 Å². The monoisotopic (exact) mass is 489 g/mol. The Kier molecular flexibility index (Phi) is 15.8. The molecule has 0 unspecified atom stereocenters. The van der Waals surface area contributed by atoms with Crippen molar-refractivity contribution in [3.63, 3.8) is 0 Å². The summed E-state index contributed by atoms with van der Waals surface area (Å²) in [6.07, 6.45) is 2.68. The molecule has 0 saturated carbocycles. The van der Waals surface area contributed by atoms with Crippen LogP contribution in [0.4, 0.5) is 11.9 Å². The van der Waals surface area contributed by atoms with Crippen LogP contribution in [0.2, 0.25) is 0 Å². The van der Waals surface area contributed by atoms with Crippen molar-refractivity contribution in [1.82, 2.24) is 29.7 Å². The van der Waals surface area contributed by atoms with Gasteiger partial charge in [-0.15, -0.1) is 40.9 Å². The molecule has 0 aliphatic heterocycles. The Balaban J connectivity index is -0.000000289. The van der Waals surface area contributed by atoms with Crippen LogP contribution in [0.3, 0.4) is 0 Å². The van der Waals surface area contributed by atoms with Gasteiger partial charge in [-0.3, -0.25) is 10.9 Å². The molecule has 0 fully saturated rings. The fourth-order valence-electron chi connectivity index (χ4n) is 0.692. The molecular weight excluding hydrogens is 479 g/mol. The third-order valence-corrected chi connectivity index (χ3v) is 1.40. The predicted molar refractivity (Wildman–Crippen MR) is 56.0 cm³/mol. The van der Waals surface area contributed by atoms with Crippen LogP contribution in [0.15, 0.2) is 12.7 Å². The second-order valence-corrected chi connectivity index (χ2v) is 4.68. The molecule has 0 saturated heterocycles. The average Bonchev–Trinajstić information content (AvgIpc) is 3.03. The number of nitrogen functional groups attached to an aromatic ring is 4. The van der Waals surface area contributed by atoms with Crippen LogP contribution in [-0.2, 0) is 17.1 Å². The molecule has 1 radical (unpaired) electrons. The minimum Gasteiger partial charge on any atom is -0.335 e. The minimum absolute atomic E-state index is 0. The van der Waals surface area contributed by atoms with E-state index in [2.05, 4.69) is 31.2 Å². The summed E-state index contributed by atoms with van der Waals surface area (Å²) in [5.74, 6) is 21.0. The maximum Gasteiger partial charge on any atom is 2.00 e. The predicted octanol–water partition coefficient (Wildman–Crippen LogP) is -13.0. The van der Waals surface area contributed by atoms with E-state index in [9.17, 15) is 0 Å². The van der Waals surface area contributed by atoms with Gasteiger partial charge in [-0.1, -0.05) is 0 Å². The van der Waals surface area contributed by atoms with E-state index in [-0.39, 0.29) is 17.1 Å². The van der Waals surface area contributed by atoms with Crippen molar-refractivity contribution in [3.05, 3.63) is 12.7 Å². The van der Waals surface area contributed by atoms with Crippen molar-refractivity contribution in [2.45, 2.75) is 0 Å². The summed E-state index contributed by atoms with van der Waals surface area (Å²) in [6.45, 7) is 0. The first kappa shape index (κ1) is 29.9. The van der Waals surface area contributed by atoms with E-state index in [0.717, 1.165) is 0 Å². The fraction of sp³-hybridized carbons (Fsp3) is 0. The quantitative estimate of drug-likeness (QED) is 0.129. The summed E-state index contributed by atoms with van der Waals surface area (Å²) in [7, 11) is -9.89. The van der Waals surface area contributed by atoms with E-state index >= 15 is 0 Å². The van der Waals surface area contributed by atoms with E-state index in [1.807, 2.05) is 0 Å². The van der Waals surface area contributed by atoms with E-state index in [0.29, 0.717) is 11.9 Å². The molecule has 0 bridgehead atoms. The number of anilines is 2. The number of hydrazine groups is 2. The number of nitrogens with one attached hydrogen (secondary N) is 2. The SMILES string of the molecule is NNc1nncn1N.NNc1nncn1N.[Cu+2].[O-][Cl+3]([O-])([O-])[O-].[O-][Cl+3]([O-])([O-])[O-]. The van der Waals surface area contributed by atoms with Gasteiger partial charge in [-0.25, -0.2) is 58.3 Å². The minimum atomic E-state index is -4.94. The Labute approximate surface area is 163 Å². The number of nitrogens with zero attached hydrogens (tertiary/aromatic N) is 6. The molecular formula is C4H12Cl2CuN12O8. The molecule has 2 aromatic rings. The van der Waals surface area contributed by atoms with Gasteiger partial charge in [0, 0.05) is 0 Å². The molecule has 2 aromatic heterocycles. The van der Waals surface area contributed by atoms with Crippen LogP contribution in [0.25, 0.3) is 0 Å². The molecule has 23 heteroatoms. The van der Waals surface area contributed by atoms with Gasteiger partial charge < -0.3 is 11.7 Å². The van der Waals surface area contributed by atoms with Gasteiger partial charge in [0.15, 0.2) is 0 Å². The van der Waals surface area contributed by atoms with E-state index in [1.165, 1.54) is 22.0 Å². The van der Waals surface area contributed by atoms with Crippen LogP contribution < -0.4 is 71.5 Å². The van der Waals surface area contributed by atoms with E-state index < -0.39 is 20.5 Å². The van der Waals surface area contributed by atoms with Gasteiger partial charge in [0.2, 0.25) is 0 Å². The Morgan fingerprint density at radius 3 is 1.00 bits per heavy atom. The van der Waals surface area contributed by atoms with Gasteiger partial charge in [-0.05, 0) is 0 Å². The van der Waals surface area contributed by atoms with Crippen LogP contribution in [0.1, 0.15) is 0 Å². The topological polar surface area (TPSA) is 374 Å². The molecule has 0 aromatic carbocycles. The number of hydrogen-bond acceptors (Lipinski definition) is 18. The smallest absolute Gasteiger partial charge is 0.335 e. The summed E-state index contributed by atoms with van der Waals surface area (Å²) in [5, 5.41) is 13.8. The van der Waals surface area contributed by atoms with Crippen LogP contribution in [0.5, 0.6) is 0 Å². The Morgan fingerprint density at radius 2 is 0.926 bits per heavy atom. The Bertz CT molecular complexity index is 536. The summed E-state index contributed by atoms with van der Waals surface area (Å²) < 4.78 is 70.3. The first-order valence-electron chi connectivity index (χ1n) is 5.16. The van der Waals surface area contributed by atoms with Crippen LogP contribution in [-0.4, -0.2) is 29.7 Å². The summed E-state index contributed by atoms with van der Waals surface area (Å²) >= 11 is 0. The first-order chi connectivity index (χ1) is 11.7. The molecule has 0 atom stereocenters. The normalized spacial score (nSPS) is 9.85. The van der Waals surface area contributed by atoms with Crippen molar-refractivity contribution in [2.24, 2.45) is 11.7 Å². The standard InChI is InChI=1S/2C2H6N6.2ClHO4.Cu/c2*3-6-2-7-5-1-8(2)4;2*2-1(3,4)5;/h2*1H,3-4H2,(H,6,7);2*(H,2,3,4,5);/q;;;;+2/p-2. The van der Waals surface area contributed by atoms with Crippen molar-refractivity contribution in [1.29, 1.82) is 0 Å². The third kappa shape index (κ3) is 24.2. The van der Waals surface area contributed by atoms with E-state index in [1.54, 1.807) is 0 Å². The first-order valence-corrected chi connectivity index (χ1v) is 7.62. The molecule has 27 heavy (non-hydrogen) atoms. The summed E-state index contributed by atoms with van der Waals surface area (Å²) in [4.78, 5) is 0. The third-order valence-electron chi connectivity index (χ3n) is 1.40. The molecule has 20 nitrogen and oxygen atoms in total. The van der Waals surface area contributed by atoms with Gasteiger partial charge in [0.05, 0.1) is 0 Å². The van der Waals surface area contributed by atoms with Crippen molar-refractivity contribution in [2.75, 3.05) is 22.5 Å². The number of rotatable bonds is 2.